The number of cyclic esters (lactones) is 1. The molecular weight excluding hydrogens is 188 g/mol. The number of allylic oxidation sites excluding steroid dienone is 2. The summed E-state index contributed by atoms with van der Waals surface area (Å²) in [5, 5.41) is 0. The highest BCUT2D eigenvalue weighted by Crippen LogP contribution is 2.55. The molecule has 0 radical (unpaired) electrons. The number of rotatable bonds is 2. The third-order valence-electron chi connectivity index (χ3n) is 4.81. The molecule has 2 bridgehead atoms. The van der Waals surface area contributed by atoms with E-state index in [9.17, 15) is 4.79 Å². The van der Waals surface area contributed by atoms with Gasteiger partial charge in [-0.2, -0.15) is 0 Å². The van der Waals surface area contributed by atoms with Crippen LogP contribution in [-0.2, 0) is 9.53 Å². The number of carbonyl (C=O) groups excluding carboxylic acids is 1. The van der Waals surface area contributed by atoms with Crippen molar-refractivity contribution < 1.29 is 9.53 Å². The molecule has 1 saturated heterocycles. The van der Waals surface area contributed by atoms with Gasteiger partial charge in [0.05, 0.1) is 12.0 Å². The molecule has 15 heavy (non-hydrogen) atoms. The summed E-state index contributed by atoms with van der Waals surface area (Å²) in [5.41, 5.74) is -0.135. The van der Waals surface area contributed by atoms with Crippen LogP contribution in [0.5, 0.6) is 0 Å². The van der Waals surface area contributed by atoms with Crippen LogP contribution in [0.15, 0.2) is 12.2 Å². The molecule has 1 heterocycles. The number of esters is 1. The molecule has 4 atom stereocenters. The minimum atomic E-state index is -0.135. The Hall–Kier alpha value is -0.790. The first-order valence-electron chi connectivity index (χ1n) is 6.12. The van der Waals surface area contributed by atoms with Gasteiger partial charge in [0, 0.05) is 0 Å². The van der Waals surface area contributed by atoms with Crippen molar-refractivity contribution in [1.82, 2.24) is 0 Å². The van der Waals surface area contributed by atoms with E-state index in [2.05, 4.69) is 19.1 Å². The summed E-state index contributed by atoms with van der Waals surface area (Å²) in [6.07, 6.45) is 9.06. The monoisotopic (exact) mass is 206 g/mol. The Balaban J connectivity index is 1.91. The van der Waals surface area contributed by atoms with Crippen LogP contribution in [0.3, 0.4) is 0 Å². The van der Waals surface area contributed by atoms with Gasteiger partial charge < -0.3 is 4.74 Å². The van der Waals surface area contributed by atoms with Crippen molar-refractivity contribution in [3.63, 3.8) is 0 Å². The lowest BCUT2D eigenvalue weighted by Gasteiger charge is -2.34. The fourth-order valence-electron chi connectivity index (χ4n) is 3.91. The van der Waals surface area contributed by atoms with Crippen molar-refractivity contribution in [2.24, 2.45) is 23.2 Å². The summed E-state index contributed by atoms with van der Waals surface area (Å²) < 4.78 is 5.22. The Morgan fingerprint density at radius 3 is 2.80 bits per heavy atom. The van der Waals surface area contributed by atoms with Crippen LogP contribution < -0.4 is 0 Å². The maximum absolute atomic E-state index is 11.9. The number of hydrogen-bond donors (Lipinski definition) is 0. The molecule has 0 amide bonds. The van der Waals surface area contributed by atoms with E-state index in [-0.39, 0.29) is 11.4 Å². The Morgan fingerprint density at radius 1 is 1.47 bits per heavy atom. The zero-order valence-corrected chi connectivity index (χ0v) is 9.24. The molecule has 0 aromatic heterocycles. The van der Waals surface area contributed by atoms with Gasteiger partial charge in [-0.25, -0.2) is 0 Å². The normalized spacial score (nSPS) is 47.5. The predicted molar refractivity (Wildman–Crippen MR) is 57.1 cm³/mol. The highest BCUT2D eigenvalue weighted by Gasteiger charge is 2.54. The third kappa shape index (κ3) is 1.14. The summed E-state index contributed by atoms with van der Waals surface area (Å²) in [7, 11) is 0. The molecule has 82 valence electrons. The Labute approximate surface area is 90.7 Å². The standard InChI is InChI=1S/C13H18O2/c1-2-13(5-6-15-12(13)14)11-8-9-3-4-10(11)7-9/h3-4,9-11H,2,5-8H2,1H3. The molecule has 3 aliphatic rings. The van der Waals surface area contributed by atoms with E-state index in [4.69, 9.17) is 4.74 Å². The molecule has 2 nitrogen and oxygen atoms in total. The molecule has 0 N–H and O–H groups in total. The van der Waals surface area contributed by atoms with Crippen molar-refractivity contribution in [3.05, 3.63) is 12.2 Å². The van der Waals surface area contributed by atoms with E-state index in [0.29, 0.717) is 18.4 Å². The Morgan fingerprint density at radius 2 is 2.33 bits per heavy atom. The second-order valence-corrected chi connectivity index (χ2v) is 5.28. The molecule has 0 aromatic rings. The van der Waals surface area contributed by atoms with Crippen molar-refractivity contribution in [2.45, 2.75) is 32.6 Å². The van der Waals surface area contributed by atoms with Gasteiger partial charge in [-0.3, -0.25) is 4.79 Å². The van der Waals surface area contributed by atoms with Gasteiger partial charge in [0.15, 0.2) is 0 Å². The predicted octanol–water partition coefficient (Wildman–Crippen LogP) is 2.54. The third-order valence-corrected chi connectivity index (χ3v) is 4.81. The van der Waals surface area contributed by atoms with Gasteiger partial charge in [-0.15, -0.1) is 0 Å². The molecular formula is C13H18O2. The average Bonchev–Trinajstić information content (AvgIpc) is 2.91. The molecule has 0 aromatic carbocycles. The number of ether oxygens (including phenoxy) is 1. The van der Waals surface area contributed by atoms with E-state index in [0.717, 1.165) is 18.8 Å². The second kappa shape index (κ2) is 3.10. The zero-order chi connectivity index (χ0) is 10.5. The van der Waals surface area contributed by atoms with E-state index in [1.807, 2.05) is 0 Å². The largest absolute Gasteiger partial charge is 0.465 e. The van der Waals surface area contributed by atoms with Gasteiger partial charge in [-0.1, -0.05) is 19.1 Å². The molecule has 2 fully saturated rings. The van der Waals surface area contributed by atoms with E-state index in [1.165, 1.54) is 12.8 Å². The maximum atomic E-state index is 11.9. The molecule has 2 aliphatic carbocycles. The lowest BCUT2D eigenvalue weighted by Crippen LogP contribution is -2.36. The Bertz CT molecular complexity index is 320. The van der Waals surface area contributed by atoms with Crippen LogP contribution in [0.25, 0.3) is 0 Å². The van der Waals surface area contributed by atoms with Crippen LogP contribution in [0.1, 0.15) is 32.6 Å². The number of fused-ring (bicyclic) bond motifs is 2. The highest BCUT2D eigenvalue weighted by atomic mass is 16.5. The fraction of sp³-hybridized carbons (Fsp3) is 0.769. The maximum Gasteiger partial charge on any atom is 0.312 e. The minimum Gasteiger partial charge on any atom is -0.465 e. The van der Waals surface area contributed by atoms with Crippen LogP contribution in [0, 0.1) is 23.2 Å². The number of carbonyl (C=O) groups is 1. The SMILES string of the molecule is CCC1(C2CC3C=CC2C3)CCOC1=O. The first-order chi connectivity index (χ1) is 7.26. The topological polar surface area (TPSA) is 26.3 Å². The summed E-state index contributed by atoms with van der Waals surface area (Å²) in [4.78, 5) is 11.9. The van der Waals surface area contributed by atoms with Crippen LogP contribution in [-0.4, -0.2) is 12.6 Å². The highest BCUT2D eigenvalue weighted by molar-refractivity contribution is 5.79. The van der Waals surface area contributed by atoms with E-state index < -0.39 is 0 Å². The number of hydrogen-bond acceptors (Lipinski definition) is 2. The van der Waals surface area contributed by atoms with E-state index in [1.54, 1.807) is 0 Å². The summed E-state index contributed by atoms with van der Waals surface area (Å²) in [5.74, 6) is 2.04. The van der Waals surface area contributed by atoms with Crippen LogP contribution in [0.4, 0.5) is 0 Å². The summed E-state index contributed by atoms with van der Waals surface area (Å²) in [6, 6.07) is 0. The first-order valence-corrected chi connectivity index (χ1v) is 6.12. The van der Waals surface area contributed by atoms with Gasteiger partial charge in [0.25, 0.3) is 0 Å². The molecule has 3 rings (SSSR count). The lowest BCUT2D eigenvalue weighted by molar-refractivity contribution is -0.149. The summed E-state index contributed by atoms with van der Waals surface area (Å²) in [6.45, 7) is 2.78. The van der Waals surface area contributed by atoms with E-state index >= 15 is 0 Å². The van der Waals surface area contributed by atoms with Crippen molar-refractivity contribution in [3.8, 4) is 0 Å². The van der Waals surface area contributed by atoms with Gasteiger partial charge in [0.2, 0.25) is 0 Å². The molecule has 0 spiro atoms. The zero-order valence-electron chi connectivity index (χ0n) is 9.24. The van der Waals surface area contributed by atoms with Gasteiger partial charge in [0.1, 0.15) is 0 Å². The fourth-order valence-corrected chi connectivity index (χ4v) is 3.91. The van der Waals surface area contributed by atoms with Crippen LogP contribution >= 0.6 is 0 Å². The molecule has 1 aliphatic heterocycles. The molecule has 2 heteroatoms. The second-order valence-electron chi connectivity index (χ2n) is 5.28. The average molecular weight is 206 g/mol. The lowest BCUT2D eigenvalue weighted by atomic mass is 9.67. The van der Waals surface area contributed by atoms with Crippen molar-refractivity contribution in [1.29, 1.82) is 0 Å². The smallest absolute Gasteiger partial charge is 0.312 e. The van der Waals surface area contributed by atoms with Crippen molar-refractivity contribution >= 4 is 5.97 Å². The molecule has 1 saturated carbocycles. The first kappa shape index (κ1) is 9.44. The van der Waals surface area contributed by atoms with Gasteiger partial charge in [-0.05, 0) is 43.4 Å². The quantitative estimate of drug-likeness (QED) is 0.512. The van der Waals surface area contributed by atoms with Gasteiger partial charge >= 0.3 is 5.97 Å². The Kier molecular flexibility index (Phi) is 1.95. The van der Waals surface area contributed by atoms with Crippen LogP contribution in [0.2, 0.25) is 0 Å². The summed E-state index contributed by atoms with van der Waals surface area (Å²) >= 11 is 0. The van der Waals surface area contributed by atoms with Crippen molar-refractivity contribution in [2.75, 3.05) is 6.61 Å². The minimum absolute atomic E-state index is 0.0796. The molecule has 4 unspecified atom stereocenters.